The third-order valence-electron chi connectivity index (χ3n) is 2.30. The lowest BCUT2D eigenvalue weighted by molar-refractivity contribution is -0.122. The van der Waals surface area contributed by atoms with Crippen molar-refractivity contribution in [1.82, 2.24) is 25.5 Å². The van der Waals surface area contributed by atoms with Crippen LogP contribution in [0.3, 0.4) is 0 Å². The van der Waals surface area contributed by atoms with E-state index in [0.29, 0.717) is 16.4 Å². The van der Waals surface area contributed by atoms with Crippen molar-refractivity contribution in [2.45, 2.75) is 26.4 Å². The van der Waals surface area contributed by atoms with E-state index in [1.54, 1.807) is 12.1 Å². The molecule has 7 heteroatoms. The van der Waals surface area contributed by atoms with Gasteiger partial charge in [-0.25, -0.2) is 0 Å². The highest BCUT2D eigenvalue weighted by Crippen LogP contribution is 2.23. The number of carbonyl (C=O) groups is 1. The van der Waals surface area contributed by atoms with Gasteiger partial charge in [-0.05, 0) is 31.2 Å². The number of halogens is 1. The van der Waals surface area contributed by atoms with Gasteiger partial charge >= 0.3 is 0 Å². The summed E-state index contributed by atoms with van der Waals surface area (Å²) in [5.41, 5.74) is 0.694. The molecule has 0 atom stereocenters. The van der Waals surface area contributed by atoms with Gasteiger partial charge in [-0.2, -0.15) is 4.80 Å². The first kappa shape index (κ1) is 13.5. The standard InChI is InChI=1S/C12H14ClN5O/c1-8(2)14-11(19)7-18-16-12(15-17-18)9-5-3-4-6-10(9)13/h3-6,8H,7H2,1-2H3,(H,14,19). The van der Waals surface area contributed by atoms with Crippen LogP contribution in [-0.2, 0) is 11.3 Å². The fourth-order valence-electron chi connectivity index (χ4n) is 1.56. The largest absolute Gasteiger partial charge is 0.352 e. The Balaban J connectivity index is 2.12. The van der Waals surface area contributed by atoms with Gasteiger partial charge in [0.15, 0.2) is 0 Å². The molecule has 0 aliphatic heterocycles. The summed E-state index contributed by atoms with van der Waals surface area (Å²) in [6.45, 7) is 3.82. The second-order valence-electron chi connectivity index (χ2n) is 4.35. The number of hydrogen-bond acceptors (Lipinski definition) is 4. The van der Waals surface area contributed by atoms with Crippen molar-refractivity contribution in [2.75, 3.05) is 0 Å². The van der Waals surface area contributed by atoms with Crippen LogP contribution in [0.2, 0.25) is 5.02 Å². The molecule has 0 unspecified atom stereocenters. The van der Waals surface area contributed by atoms with Crippen LogP contribution in [0.25, 0.3) is 11.4 Å². The first-order valence-corrected chi connectivity index (χ1v) is 6.26. The van der Waals surface area contributed by atoms with E-state index >= 15 is 0 Å². The lowest BCUT2D eigenvalue weighted by atomic mass is 10.2. The minimum atomic E-state index is -0.155. The molecule has 1 aromatic carbocycles. The van der Waals surface area contributed by atoms with Crippen molar-refractivity contribution in [2.24, 2.45) is 0 Å². The molecule has 0 aliphatic rings. The average Bonchev–Trinajstić information content (AvgIpc) is 2.76. The van der Waals surface area contributed by atoms with Gasteiger partial charge in [-0.1, -0.05) is 23.7 Å². The monoisotopic (exact) mass is 279 g/mol. The second-order valence-corrected chi connectivity index (χ2v) is 4.75. The summed E-state index contributed by atoms with van der Waals surface area (Å²) in [7, 11) is 0. The van der Waals surface area contributed by atoms with Crippen molar-refractivity contribution in [1.29, 1.82) is 0 Å². The molecular formula is C12H14ClN5O. The molecule has 1 aromatic heterocycles. The topological polar surface area (TPSA) is 72.7 Å². The number of rotatable bonds is 4. The van der Waals surface area contributed by atoms with Crippen LogP contribution >= 0.6 is 11.6 Å². The molecular weight excluding hydrogens is 266 g/mol. The number of hydrogen-bond donors (Lipinski definition) is 1. The summed E-state index contributed by atoms with van der Waals surface area (Å²) in [5, 5.41) is 15.2. The van der Waals surface area contributed by atoms with Crippen LogP contribution in [0.1, 0.15) is 13.8 Å². The van der Waals surface area contributed by atoms with Crippen LogP contribution < -0.4 is 5.32 Å². The van der Waals surface area contributed by atoms with Gasteiger partial charge in [-0.15, -0.1) is 10.2 Å². The van der Waals surface area contributed by atoms with Gasteiger partial charge in [0.05, 0.1) is 5.02 Å². The molecule has 2 aromatic rings. The smallest absolute Gasteiger partial charge is 0.243 e. The highest BCUT2D eigenvalue weighted by Gasteiger charge is 2.11. The minimum absolute atomic E-state index is 0.0373. The number of nitrogens with one attached hydrogen (secondary N) is 1. The van der Waals surface area contributed by atoms with Crippen molar-refractivity contribution in [3.63, 3.8) is 0 Å². The Kier molecular flexibility index (Phi) is 4.11. The molecule has 1 heterocycles. The highest BCUT2D eigenvalue weighted by molar-refractivity contribution is 6.33. The quantitative estimate of drug-likeness (QED) is 0.921. The molecule has 100 valence electrons. The zero-order chi connectivity index (χ0) is 13.8. The third kappa shape index (κ3) is 3.51. The fraction of sp³-hybridized carbons (Fsp3) is 0.333. The van der Waals surface area contributed by atoms with Crippen LogP contribution in [-0.4, -0.2) is 32.2 Å². The summed E-state index contributed by atoms with van der Waals surface area (Å²) in [4.78, 5) is 12.8. The molecule has 0 spiro atoms. The predicted octanol–water partition coefficient (Wildman–Crippen LogP) is 1.52. The number of aromatic nitrogens is 4. The lowest BCUT2D eigenvalue weighted by Gasteiger charge is -2.06. The van der Waals surface area contributed by atoms with E-state index in [0.717, 1.165) is 0 Å². The SMILES string of the molecule is CC(C)NC(=O)Cn1nnc(-c2ccccc2Cl)n1. The molecule has 0 radical (unpaired) electrons. The Morgan fingerprint density at radius 2 is 2.16 bits per heavy atom. The maximum atomic E-state index is 11.6. The van der Waals surface area contributed by atoms with E-state index in [4.69, 9.17) is 11.6 Å². The second kappa shape index (κ2) is 5.79. The molecule has 2 rings (SSSR count). The molecule has 0 saturated heterocycles. The Morgan fingerprint density at radius 1 is 1.42 bits per heavy atom. The van der Waals surface area contributed by atoms with Gasteiger partial charge in [-0.3, -0.25) is 4.79 Å². The molecule has 0 fully saturated rings. The maximum Gasteiger partial charge on any atom is 0.243 e. The van der Waals surface area contributed by atoms with E-state index in [1.807, 2.05) is 26.0 Å². The Bertz CT molecular complexity index is 581. The van der Waals surface area contributed by atoms with Crippen molar-refractivity contribution < 1.29 is 4.79 Å². The summed E-state index contributed by atoms with van der Waals surface area (Å²) >= 11 is 6.05. The van der Waals surface area contributed by atoms with Crippen molar-refractivity contribution >= 4 is 17.5 Å². The van der Waals surface area contributed by atoms with Crippen LogP contribution in [0, 0.1) is 0 Å². The van der Waals surface area contributed by atoms with Gasteiger partial charge < -0.3 is 5.32 Å². The van der Waals surface area contributed by atoms with E-state index in [1.165, 1.54) is 4.80 Å². The lowest BCUT2D eigenvalue weighted by Crippen LogP contribution is -2.33. The van der Waals surface area contributed by atoms with E-state index in [-0.39, 0.29) is 18.5 Å². The van der Waals surface area contributed by atoms with Crippen LogP contribution in [0.15, 0.2) is 24.3 Å². The maximum absolute atomic E-state index is 11.6. The van der Waals surface area contributed by atoms with E-state index < -0.39 is 0 Å². The van der Waals surface area contributed by atoms with E-state index in [9.17, 15) is 4.79 Å². The zero-order valence-corrected chi connectivity index (χ0v) is 11.4. The Hall–Kier alpha value is -1.95. The zero-order valence-electron chi connectivity index (χ0n) is 10.7. The number of benzene rings is 1. The predicted molar refractivity (Wildman–Crippen MR) is 71.5 cm³/mol. The third-order valence-corrected chi connectivity index (χ3v) is 2.63. The molecule has 6 nitrogen and oxygen atoms in total. The molecule has 0 saturated carbocycles. The van der Waals surface area contributed by atoms with Gasteiger partial charge in [0.2, 0.25) is 11.7 Å². The first-order valence-electron chi connectivity index (χ1n) is 5.88. The number of nitrogens with zero attached hydrogens (tertiary/aromatic N) is 4. The summed E-state index contributed by atoms with van der Waals surface area (Å²) in [6, 6.07) is 7.31. The summed E-state index contributed by atoms with van der Waals surface area (Å²) in [6.07, 6.45) is 0. The Morgan fingerprint density at radius 3 is 2.84 bits per heavy atom. The number of tetrazole rings is 1. The molecule has 1 amide bonds. The number of amides is 1. The summed E-state index contributed by atoms with van der Waals surface area (Å²) in [5.74, 6) is 0.251. The van der Waals surface area contributed by atoms with Crippen molar-refractivity contribution in [3.8, 4) is 11.4 Å². The molecule has 1 N–H and O–H groups in total. The van der Waals surface area contributed by atoms with Crippen LogP contribution in [0.4, 0.5) is 0 Å². The van der Waals surface area contributed by atoms with Crippen LogP contribution in [0.5, 0.6) is 0 Å². The first-order chi connectivity index (χ1) is 9.06. The Labute approximate surface area is 115 Å². The van der Waals surface area contributed by atoms with Gasteiger partial charge in [0, 0.05) is 11.6 Å². The molecule has 0 bridgehead atoms. The normalized spacial score (nSPS) is 10.7. The average molecular weight is 280 g/mol. The molecule has 0 aliphatic carbocycles. The number of carbonyl (C=O) groups excluding carboxylic acids is 1. The highest BCUT2D eigenvalue weighted by atomic mass is 35.5. The van der Waals surface area contributed by atoms with E-state index in [2.05, 4.69) is 20.7 Å². The fourth-order valence-corrected chi connectivity index (χ4v) is 1.78. The van der Waals surface area contributed by atoms with Gasteiger partial charge in [0.25, 0.3) is 0 Å². The minimum Gasteiger partial charge on any atom is -0.352 e. The van der Waals surface area contributed by atoms with Gasteiger partial charge in [0.1, 0.15) is 6.54 Å². The van der Waals surface area contributed by atoms with Crippen molar-refractivity contribution in [3.05, 3.63) is 29.3 Å². The molecule has 19 heavy (non-hydrogen) atoms. The summed E-state index contributed by atoms with van der Waals surface area (Å²) < 4.78 is 0.